The van der Waals surface area contributed by atoms with Crippen LogP contribution >= 0.6 is 0 Å². The Morgan fingerprint density at radius 3 is 1.67 bits per heavy atom. The summed E-state index contributed by atoms with van der Waals surface area (Å²) in [7, 11) is 0. The molecule has 7 aromatic rings. The van der Waals surface area contributed by atoms with Crippen molar-refractivity contribution in [2.24, 2.45) is 0 Å². The molecule has 198 valence electrons. The maximum absolute atomic E-state index is 15.2. The highest BCUT2D eigenvalue weighted by molar-refractivity contribution is 6.19. The third-order valence-electron chi connectivity index (χ3n) is 9.18. The Bertz CT molecular complexity index is 2130. The lowest BCUT2D eigenvalue weighted by Gasteiger charge is -2.58. The molecule has 0 bridgehead atoms. The molecule has 0 unspecified atom stereocenters. The fraction of sp³-hybridized carbons (Fsp3) is 0.0513. The molecule has 0 saturated carbocycles. The molecule has 1 spiro atoms. The molecule has 0 aliphatic carbocycles. The minimum Gasteiger partial charge on any atom is -0.457 e. The highest BCUT2D eigenvalue weighted by Gasteiger charge is 2.67. The van der Waals surface area contributed by atoms with Crippen LogP contribution in [0.4, 0.5) is 5.69 Å². The first-order valence-corrected chi connectivity index (χ1v) is 14.4. The Hall–Kier alpha value is -5.41. The number of rotatable bonds is 2. The highest BCUT2D eigenvalue weighted by atomic mass is 16.5. The zero-order valence-corrected chi connectivity index (χ0v) is 22.7. The number of fused-ring (bicyclic) bond motifs is 7. The van der Waals surface area contributed by atoms with Gasteiger partial charge in [-0.1, -0.05) is 121 Å². The predicted octanol–water partition coefficient (Wildman–Crippen LogP) is 9.33. The van der Waals surface area contributed by atoms with Gasteiger partial charge in [0.2, 0.25) is 5.91 Å². The molecule has 1 fully saturated rings. The number of para-hydroxylation sites is 2. The van der Waals surface area contributed by atoms with Gasteiger partial charge >= 0.3 is 0 Å². The fourth-order valence-electron chi connectivity index (χ4n) is 7.46. The zero-order valence-electron chi connectivity index (χ0n) is 22.7. The molecule has 42 heavy (non-hydrogen) atoms. The summed E-state index contributed by atoms with van der Waals surface area (Å²) in [6.07, 6.45) is 0. The van der Waals surface area contributed by atoms with Crippen LogP contribution < -0.4 is 9.64 Å². The van der Waals surface area contributed by atoms with Crippen molar-refractivity contribution < 1.29 is 9.53 Å². The molecule has 9 rings (SSSR count). The van der Waals surface area contributed by atoms with Crippen LogP contribution in [0.1, 0.15) is 22.7 Å². The molecule has 2 aliphatic heterocycles. The van der Waals surface area contributed by atoms with E-state index < -0.39 is 5.41 Å². The summed E-state index contributed by atoms with van der Waals surface area (Å²) in [5.74, 6) is 1.53. The van der Waals surface area contributed by atoms with Crippen LogP contribution in [0, 0.1) is 0 Å². The van der Waals surface area contributed by atoms with Crippen LogP contribution in [0.3, 0.4) is 0 Å². The van der Waals surface area contributed by atoms with E-state index in [0.29, 0.717) is 0 Å². The Kier molecular flexibility index (Phi) is 4.74. The quantitative estimate of drug-likeness (QED) is 0.162. The number of β-lactam (4-membered cyclic amide) rings is 1. The number of carbonyl (C=O) groups is 1. The number of carbonyl (C=O) groups excluding carboxylic acids is 1. The SMILES string of the molecule is O=C1N(c2cccc3ccccc23)[C@H](c2c3ccccc3cc3ccccc23)C12c1ccccc1Oc1ccccc12. The maximum atomic E-state index is 15.2. The topological polar surface area (TPSA) is 29.5 Å². The van der Waals surface area contributed by atoms with E-state index in [4.69, 9.17) is 4.74 Å². The van der Waals surface area contributed by atoms with Gasteiger partial charge in [-0.05, 0) is 56.8 Å². The summed E-state index contributed by atoms with van der Waals surface area (Å²) in [5, 5.41) is 6.79. The van der Waals surface area contributed by atoms with Gasteiger partial charge in [-0.25, -0.2) is 0 Å². The van der Waals surface area contributed by atoms with Crippen molar-refractivity contribution in [2.75, 3.05) is 4.90 Å². The third-order valence-corrected chi connectivity index (χ3v) is 9.18. The van der Waals surface area contributed by atoms with Crippen LogP contribution in [-0.2, 0) is 10.2 Å². The number of hydrogen-bond donors (Lipinski definition) is 0. The van der Waals surface area contributed by atoms with Crippen molar-refractivity contribution in [3.05, 3.63) is 162 Å². The van der Waals surface area contributed by atoms with E-state index in [0.717, 1.165) is 66.2 Å². The van der Waals surface area contributed by atoms with Crippen LogP contribution in [0.25, 0.3) is 32.3 Å². The average Bonchev–Trinajstić information content (AvgIpc) is 3.05. The third kappa shape index (κ3) is 2.92. The van der Waals surface area contributed by atoms with Gasteiger partial charge in [0, 0.05) is 16.5 Å². The Labute approximate surface area is 243 Å². The van der Waals surface area contributed by atoms with E-state index >= 15 is 4.79 Å². The second kappa shape index (κ2) is 8.55. The van der Waals surface area contributed by atoms with E-state index in [1.807, 2.05) is 48.5 Å². The molecule has 1 atom stereocenters. The second-order valence-electron chi connectivity index (χ2n) is 11.2. The normalized spacial score (nSPS) is 16.7. The highest BCUT2D eigenvalue weighted by Crippen LogP contribution is 2.64. The summed E-state index contributed by atoms with van der Waals surface area (Å²) in [6.45, 7) is 0. The van der Waals surface area contributed by atoms with E-state index in [1.54, 1.807) is 0 Å². The molecule has 7 aromatic carbocycles. The first-order valence-electron chi connectivity index (χ1n) is 14.4. The van der Waals surface area contributed by atoms with Crippen LogP contribution in [-0.4, -0.2) is 5.91 Å². The number of benzene rings is 7. The number of amides is 1. The molecule has 0 N–H and O–H groups in total. The van der Waals surface area contributed by atoms with Gasteiger partial charge in [-0.3, -0.25) is 4.79 Å². The van der Waals surface area contributed by atoms with E-state index in [2.05, 4.69) is 102 Å². The average molecular weight is 540 g/mol. The number of ether oxygens (including phenoxy) is 1. The van der Waals surface area contributed by atoms with Gasteiger partial charge in [-0.15, -0.1) is 0 Å². The number of anilines is 1. The molecular weight excluding hydrogens is 514 g/mol. The molecule has 2 aliphatic rings. The molecule has 2 heterocycles. The zero-order chi connectivity index (χ0) is 27.8. The lowest BCUT2D eigenvalue weighted by molar-refractivity contribution is -0.131. The van der Waals surface area contributed by atoms with Crippen molar-refractivity contribution in [2.45, 2.75) is 11.5 Å². The summed E-state index contributed by atoms with van der Waals surface area (Å²) < 4.78 is 6.46. The summed E-state index contributed by atoms with van der Waals surface area (Å²) in [5.41, 5.74) is 2.93. The standard InChI is InChI=1S/C39H25NO2/c41-38-39(31-19-7-9-22-34(31)42-35-23-10-8-20-32(35)39)37(40(38)33-21-11-15-25-12-1-4-16-28(25)33)36-29-17-5-2-13-26(29)24-27-14-3-6-18-30(27)36/h1-24,37H/t37-/m1/s1. The Morgan fingerprint density at radius 2 is 1.02 bits per heavy atom. The van der Waals surface area contributed by atoms with Gasteiger partial charge in [0.15, 0.2) is 0 Å². The molecule has 3 nitrogen and oxygen atoms in total. The number of nitrogens with zero attached hydrogens (tertiary/aromatic N) is 1. The van der Waals surface area contributed by atoms with Crippen LogP contribution in [0.15, 0.2) is 146 Å². The van der Waals surface area contributed by atoms with Gasteiger partial charge in [0.05, 0.1) is 11.7 Å². The van der Waals surface area contributed by atoms with E-state index in [9.17, 15) is 0 Å². The van der Waals surface area contributed by atoms with E-state index in [-0.39, 0.29) is 11.9 Å². The van der Waals surface area contributed by atoms with Crippen LogP contribution in [0.2, 0.25) is 0 Å². The molecule has 3 heteroatoms. The Morgan fingerprint density at radius 1 is 0.524 bits per heavy atom. The van der Waals surface area contributed by atoms with Gasteiger partial charge in [-0.2, -0.15) is 0 Å². The van der Waals surface area contributed by atoms with Crippen LogP contribution in [0.5, 0.6) is 11.5 Å². The monoisotopic (exact) mass is 539 g/mol. The van der Waals surface area contributed by atoms with Crippen molar-refractivity contribution >= 4 is 43.9 Å². The first kappa shape index (κ1) is 23.3. The summed E-state index contributed by atoms with van der Waals surface area (Å²) in [4.78, 5) is 17.3. The Balaban J connectivity index is 1.46. The minimum atomic E-state index is -0.963. The molecule has 0 radical (unpaired) electrons. The lowest BCUT2D eigenvalue weighted by atomic mass is 9.57. The molecule has 0 aromatic heterocycles. The van der Waals surface area contributed by atoms with Crippen molar-refractivity contribution in [1.82, 2.24) is 0 Å². The van der Waals surface area contributed by atoms with Gasteiger partial charge in [0.25, 0.3) is 0 Å². The fourth-order valence-corrected chi connectivity index (χ4v) is 7.46. The second-order valence-corrected chi connectivity index (χ2v) is 11.2. The predicted molar refractivity (Wildman–Crippen MR) is 169 cm³/mol. The smallest absolute Gasteiger partial charge is 0.245 e. The summed E-state index contributed by atoms with van der Waals surface area (Å²) in [6, 6.07) is 49.8. The molecular formula is C39H25NO2. The maximum Gasteiger partial charge on any atom is 0.245 e. The largest absolute Gasteiger partial charge is 0.457 e. The van der Waals surface area contributed by atoms with Gasteiger partial charge < -0.3 is 9.64 Å². The minimum absolute atomic E-state index is 0.0593. The van der Waals surface area contributed by atoms with E-state index in [1.165, 1.54) is 0 Å². The first-order chi connectivity index (χ1) is 20.8. The molecule has 1 saturated heterocycles. The molecule has 1 amide bonds. The van der Waals surface area contributed by atoms with Crippen molar-refractivity contribution in [3.8, 4) is 11.5 Å². The lowest BCUT2D eigenvalue weighted by Crippen LogP contribution is -2.67. The number of hydrogen-bond acceptors (Lipinski definition) is 2. The van der Waals surface area contributed by atoms with Crippen molar-refractivity contribution in [1.29, 1.82) is 0 Å². The van der Waals surface area contributed by atoms with Gasteiger partial charge in [0.1, 0.15) is 16.9 Å². The van der Waals surface area contributed by atoms with Crippen molar-refractivity contribution in [3.63, 3.8) is 0 Å². The summed E-state index contributed by atoms with van der Waals surface area (Å²) >= 11 is 0.